The molecule has 0 bridgehead atoms. The first-order valence-corrected chi connectivity index (χ1v) is 9.92. The van der Waals surface area contributed by atoms with Gasteiger partial charge in [-0.1, -0.05) is 12.1 Å². The number of nitrogens with one attached hydrogen (secondary N) is 1. The lowest BCUT2D eigenvalue weighted by atomic mass is 9.99. The Morgan fingerprint density at radius 2 is 1.97 bits per heavy atom. The fourth-order valence-electron chi connectivity index (χ4n) is 3.81. The highest BCUT2D eigenvalue weighted by Gasteiger charge is 2.19. The number of nitrogens with two attached hydrogens (primary N) is 1. The van der Waals surface area contributed by atoms with E-state index in [2.05, 4.69) is 38.3 Å². The van der Waals surface area contributed by atoms with Gasteiger partial charge >= 0.3 is 0 Å². The Kier molecular flexibility index (Phi) is 4.78. The van der Waals surface area contributed by atoms with Gasteiger partial charge in [0.1, 0.15) is 17.0 Å². The second-order valence-electron chi connectivity index (χ2n) is 7.31. The van der Waals surface area contributed by atoms with Gasteiger partial charge in [-0.3, -0.25) is 10.1 Å². The minimum Gasteiger partial charge on any atom is -0.378 e. The Labute approximate surface area is 174 Å². The predicted molar refractivity (Wildman–Crippen MR) is 118 cm³/mol. The number of aromatic nitrogens is 4. The largest absolute Gasteiger partial charge is 0.378 e. The summed E-state index contributed by atoms with van der Waals surface area (Å²) in [5.74, 6) is 6.90. The molecule has 8 nitrogen and oxygen atoms in total. The highest BCUT2D eigenvalue weighted by atomic mass is 16.5. The number of ether oxygens (including phenoxy) is 1. The summed E-state index contributed by atoms with van der Waals surface area (Å²) in [5, 5.41) is 9.76. The molecule has 1 aromatic carbocycles. The van der Waals surface area contributed by atoms with E-state index in [1.165, 1.54) is 0 Å². The minimum absolute atomic E-state index is 0.697. The van der Waals surface area contributed by atoms with Gasteiger partial charge in [0.2, 0.25) is 0 Å². The van der Waals surface area contributed by atoms with E-state index >= 15 is 0 Å². The molecule has 0 atom stereocenters. The molecule has 0 spiro atoms. The number of hydrogen-bond donors (Lipinski definition) is 2. The van der Waals surface area contributed by atoms with Crippen LogP contribution in [0.1, 0.15) is 0 Å². The number of morpholine rings is 1. The maximum Gasteiger partial charge on any atom is 0.130 e. The van der Waals surface area contributed by atoms with Crippen molar-refractivity contribution in [1.82, 2.24) is 20.2 Å². The van der Waals surface area contributed by atoms with Gasteiger partial charge in [-0.2, -0.15) is 5.10 Å². The number of anilines is 2. The number of hydrogen-bond acceptors (Lipinski definition) is 7. The molecular formula is C22H23N7O. The molecule has 1 fully saturated rings. The first-order valence-electron chi connectivity index (χ1n) is 9.92. The minimum atomic E-state index is 0.697. The molecule has 4 aromatic rings. The van der Waals surface area contributed by atoms with Gasteiger partial charge in [0.05, 0.1) is 24.6 Å². The number of benzene rings is 1. The number of pyridine rings is 2. The lowest BCUT2D eigenvalue weighted by molar-refractivity contribution is 0.122. The molecule has 1 aliphatic heterocycles. The molecule has 4 heterocycles. The van der Waals surface area contributed by atoms with Crippen LogP contribution in [-0.2, 0) is 4.74 Å². The zero-order chi connectivity index (χ0) is 20.5. The van der Waals surface area contributed by atoms with Gasteiger partial charge < -0.3 is 14.6 Å². The highest BCUT2D eigenvalue weighted by molar-refractivity contribution is 6.01. The Morgan fingerprint density at radius 3 is 2.73 bits per heavy atom. The molecule has 1 saturated heterocycles. The van der Waals surface area contributed by atoms with Crippen molar-refractivity contribution in [2.45, 2.75) is 0 Å². The summed E-state index contributed by atoms with van der Waals surface area (Å²) in [6.07, 6.45) is 3.54. The molecule has 3 aromatic heterocycles. The fourth-order valence-corrected chi connectivity index (χ4v) is 3.81. The normalized spacial score (nSPS) is 14.3. The summed E-state index contributed by atoms with van der Waals surface area (Å²) in [6, 6.07) is 14.3. The van der Waals surface area contributed by atoms with Gasteiger partial charge in [0.25, 0.3) is 0 Å². The van der Waals surface area contributed by atoms with Crippen LogP contribution in [0.5, 0.6) is 0 Å². The number of aromatic amines is 1. The summed E-state index contributed by atoms with van der Waals surface area (Å²) >= 11 is 0. The van der Waals surface area contributed by atoms with E-state index in [1.54, 1.807) is 11.2 Å². The fraction of sp³-hybridized carbons (Fsp3) is 0.227. The van der Waals surface area contributed by atoms with Crippen molar-refractivity contribution in [1.29, 1.82) is 0 Å². The van der Waals surface area contributed by atoms with Crippen molar-refractivity contribution < 1.29 is 4.74 Å². The third-order valence-corrected chi connectivity index (χ3v) is 5.37. The summed E-state index contributed by atoms with van der Waals surface area (Å²) in [6.45, 7) is 3.01. The maximum atomic E-state index is 5.99. The van der Waals surface area contributed by atoms with Crippen LogP contribution in [0.4, 0.5) is 11.5 Å². The predicted octanol–water partition coefficient (Wildman–Crippen LogP) is 2.83. The van der Waals surface area contributed by atoms with Crippen molar-refractivity contribution in [2.24, 2.45) is 5.84 Å². The zero-order valence-electron chi connectivity index (χ0n) is 16.7. The van der Waals surface area contributed by atoms with E-state index < -0.39 is 0 Å². The Morgan fingerprint density at radius 1 is 1.10 bits per heavy atom. The SMILES string of the molecule is CN(N)c1cccc(-c2cc(N3CCOCC3)nc3c(-c4ccn[nH]4)nccc23)c1. The van der Waals surface area contributed by atoms with Crippen LogP contribution in [0.3, 0.4) is 0 Å². The average Bonchev–Trinajstić information content (AvgIpc) is 3.33. The van der Waals surface area contributed by atoms with E-state index in [0.717, 1.165) is 58.0 Å². The van der Waals surface area contributed by atoms with Crippen LogP contribution in [0.15, 0.2) is 54.9 Å². The molecule has 0 saturated carbocycles. The molecular weight excluding hydrogens is 378 g/mol. The average molecular weight is 401 g/mol. The van der Waals surface area contributed by atoms with Gasteiger partial charge in [0, 0.05) is 37.9 Å². The molecule has 8 heteroatoms. The van der Waals surface area contributed by atoms with Crippen molar-refractivity contribution in [3.05, 3.63) is 54.9 Å². The standard InChI is InChI=1S/C22H23N7O/c1-28(23)16-4-2-3-15(13-16)18-14-20(29-9-11-30-12-10-29)26-21-17(18)5-7-24-22(21)19-6-8-25-27-19/h2-8,13-14H,9-12,23H2,1H3,(H,25,27). The van der Waals surface area contributed by atoms with Gasteiger partial charge in [-0.15, -0.1) is 0 Å². The topological polar surface area (TPSA) is 96.2 Å². The number of rotatable bonds is 4. The molecule has 0 aliphatic carbocycles. The Bertz CT molecular complexity index is 1170. The van der Waals surface area contributed by atoms with Crippen LogP contribution in [0.25, 0.3) is 33.4 Å². The van der Waals surface area contributed by atoms with Gasteiger partial charge in [-0.05, 0) is 41.5 Å². The van der Waals surface area contributed by atoms with Gasteiger partial charge in [-0.25, -0.2) is 10.8 Å². The highest BCUT2D eigenvalue weighted by Crippen LogP contribution is 2.36. The first-order chi connectivity index (χ1) is 14.7. The number of nitrogens with zero attached hydrogens (tertiary/aromatic N) is 5. The van der Waals surface area contributed by atoms with E-state index in [-0.39, 0.29) is 0 Å². The smallest absolute Gasteiger partial charge is 0.130 e. The summed E-state index contributed by atoms with van der Waals surface area (Å²) in [4.78, 5) is 11.9. The monoisotopic (exact) mass is 401 g/mol. The van der Waals surface area contributed by atoms with Crippen LogP contribution < -0.4 is 15.8 Å². The molecule has 5 rings (SSSR count). The van der Waals surface area contributed by atoms with E-state index in [9.17, 15) is 0 Å². The van der Waals surface area contributed by atoms with Crippen molar-refractivity contribution >= 4 is 22.4 Å². The Hall–Kier alpha value is -3.49. The van der Waals surface area contributed by atoms with Crippen LogP contribution >= 0.6 is 0 Å². The molecule has 0 amide bonds. The summed E-state index contributed by atoms with van der Waals surface area (Å²) in [5.41, 5.74) is 5.57. The van der Waals surface area contributed by atoms with Gasteiger partial charge in [0.15, 0.2) is 0 Å². The quantitative estimate of drug-likeness (QED) is 0.401. The number of fused-ring (bicyclic) bond motifs is 1. The summed E-state index contributed by atoms with van der Waals surface area (Å²) < 4.78 is 5.53. The Balaban J connectivity index is 1.76. The maximum absolute atomic E-state index is 5.99. The number of hydrazine groups is 1. The lowest BCUT2D eigenvalue weighted by Gasteiger charge is -2.28. The molecule has 0 radical (unpaired) electrons. The molecule has 1 aliphatic rings. The van der Waals surface area contributed by atoms with Crippen LogP contribution in [-0.4, -0.2) is 53.5 Å². The molecule has 3 N–H and O–H groups in total. The van der Waals surface area contributed by atoms with Crippen molar-refractivity contribution in [3.63, 3.8) is 0 Å². The zero-order valence-corrected chi connectivity index (χ0v) is 16.7. The van der Waals surface area contributed by atoms with E-state index in [1.807, 2.05) is 37.5 Å². The third-order valence-electron chi connectivity index (χ3n) is 5.37. The third kappa shape index (κ3) is 3.36. The lowest BCUT2D eigenvalue weighted by Crippen LogP contribution is -2.36. The second-order valence-corrected chi connectivity index (χ2v) is 7.31. The van der Waals surface area contributed by atoms with Crippen molar-refractivity contribution in [3.8, 4) is 22.5 Å². The van der Waals surface area contributed by atoms with E-state index in [4.69, 9.17) is 15.6 Å². The second kappa shape index (κ2) is 7.74. The molecule has 152 valence electrons. The van der Waals surface area contributed by atoms with Crippen molar-refractivity contribution in [2.75, 3.05) is 43.3 Å². The van der Waals surface area contributed by atoms with Crippen LogP contribution in [0, 0.1) is 0 Å². The van der Waals surface area contributed by atoms with E-state index in [0.29, 0.717) is 13.2 Å². The summed E-state index contributed by atoms with van der Waals surface area (Å²) in [7, 11) is 1.84. The molecule has 0 unspecified atom stereocenters. The number of H-pyrrole nitrogens is 1. The van der Waals surface area contributed by atoms with Crippen LogP contribution in [0.2, 0.25) is 0 Å². The molecule has 30 heavy (non-hydrogen) atoms. The first kappa shape index (κ1) is 18.5.